The molecule has 0 amide bonds. The molecule has 21 heavy (non-hydrogen) atoms. The van der Waals surface area contributed by atoms with Gasteiger partial charge in [-0.15, -0.1) is 0 Å². The largest absolute Gasteiger partial charge is 0.396 e. The summed E-state index contributed by atoms with van der Waals surface area (Å²) in [6.07, 6.45) is 5.56. The molecule has 118 valence electrons. The first-order chi connectivity index (χ1) is 10.1. The van der Waals surface area contributed by atoms with Gasteiger partial charge in [0.05, 0.1) is 17.9 Å². The van der Waals surface area contributed by atoms with Gasteiger partial charge < -0.3 is 15.7 Å². The van der Waals surface area contributed by atoms with E-state index in [-0.39, 0.29) is 24.4 Å². The number of pyridine rings is 1. The van der Waals surface area contributed by atoms with E-state index in [2.05, 4.69) is 16.8 Å². The molecule has 0 bridgehead atoms. The molecule has 1 saturated heterocycles. The summed E-state index contributed by atoms with van der Waals surface area (Å²) in [5.41, 5.74) is 7.01. The number of hydrogen-bond acceptors (Lipinski definition) is 4. The van der Waals surface area contributed by atoms with Crippen molar-refractivity contribution in [2.24, 2.45) is 11.7 Å². The maximum absolute atomic E-state index is 12.9. The predicted octanol–water partition coefficient (Wildman–Crippen LogP) is 2.09. The summed E-state index contributed by atoms with van der Waals surface area (Å²) in [7, 11) is 0. The van der Waals surface area contributed by atoms with Gasteiger partial charge in [0.15, 0.2) is 0 Å². The Morgan fingerprint density at radius 2 is 2.33 bits per heavy atom. The summed E-state index contributed by atoms with van der Waals surface area (Å²) < 4.78 is 12.9. The third-order valence-electron chi connectivity index (χ3n) is 4.42. The van der Waals surface area contributed by atoms with Crippen molar-refractivity contribution in [2.75, 3.05) is 19.7 Å². The van der Waals surface area contributed by atoms with Gasteiger partial charge in [-0.2, -0.15) is 0 Å². The molecule has 5 heteroatoms. The molecule has 1 aliphatic heterocycles. The molecule has 0 aromatic carbocycles. The normalized spacial score (nSPS) is 22.4. The second-order valence-corrected chi connectivity index (χ2v) is 6.06. The number of nitrogens with two attached hydrogens (primary N) is 1. The lowest BCUT2D eigenvalue weighted by molar-refractivity contribution is 0.185. The van der Waals surface area contributed by atoms with Crippen molar-refractivity contribution in [2.45, 2.75) is 44.7 Å². The van der Waals surface area contributed by atoms with Gasteiger partial charge in [-0.05, 0) is 50.3 Å². The molecule has 0 saturated carbocycles. The van der Waals surface area contributed by atoms with E-state index >= 15 is 0 Å². The van der Waals surface area contributed by atoms with Gasteiger partial charge >= 0.3 is 0 Å². The van der Waals surface area contributed by atoms with Crippen LogP contribution in [0.25, 0.3) is 0 Å². The van der Waals surface area contributed by atoms with Crippen LogP contribution in [0.3, 0.4) is 0 Å². The first-order valence-corrected chi connectivity index (χ1v) is 7.83. The second-order valence-electron chi connectivity index (χ2n) is 6.06. The van der Waals surface area contributed by atoms with E-state index in [0.717, 1.165) is 31.6 Å². The molecule has 1 aromatic rings. The average Bonchev–Trinajstić information content (AvgIpc) is 2.92. The van der Waals surface area contributed by atoms with E-state index in [0.29, 0.717) is 6.04 Å². The fraction of sp³-hybridized carbons (Fsp3) is 0.688. The van der Waals surface area contributed by atoms with Crippen molar-refractivity contribution in [3.8, 4) is 0 Å². The minimum atomic E-state index is -0.331. The highest BCUT2D eigenvalue weighted by atomic mass is 19.1. The van der Waals surface area contributed by atoms with Crippen LogP contribution in [0, 0.1) is 11.7 Å². The summed E-state index contributed by atoms with van der Waals surface area (Å²) in [5, 5.41) is 8.98. The molecule has 0 radical (unpaired) electrons. The minimum absolute atomic E-state index is 0.176. The van der Waals surface area contributed by atoms with E-state index in [4.69, 9.17) is 10.8 Å². The number of aliphatic hydroxyl groups is 1. The highest BCUT2D eigenvalue weighted by molar-refractivity contribution is 5.10. The number of aliphatic hydroxyl groups excluding tert-OH is 1. The topological polar surface area (TPSA) is 62.4 Å². The second kappa shape index (κ2) is 7.82. The molecule has 0 spiro atoms. The van der Waals surface area contributed by atoms with Crippen LogP contribution in [0.15, 0.2) is 18.3 Å². The fourth-order valence-electron chi connectivity index (χ4n) is 3.15. The zero-order chi connectivity index (χ0) is 15.2. The van der Waals surface area contributed by atoms with E-state index < -0.39 is 0 Å². The van der Waals surface area contributed by atoms with Gasteiger partial charge in [0.1, 0.15) is 5.82 Å². The lowest BCUT2D eigenvalue weighted by atomic mass is 9.98. The van der Waals surface area contributed by atoms with Crippen molar-refractivity contribution < 1.29 is 9.50 Å². The summed E-state index contributed by atoms with van der Waals surface area (Å²) in [6, 6.07) is 3.47. The van der Waals surface area contributed by atoms with Crippen molar-refractivity contribution >= 4 is 0 Å². The Kier molecular flexibility index (Phi) is 6.08. The average molecular weight is 295 g/mol. The molecule has 3 unspecified atom stereocenters. The predicted molar refractivity (Wildman–Crippen MR) is 81.2 cm³/mol. The van der Waals surface area contributed by atoms with Crippen LogP contribution in [-0.2, 0) is 0 Å². The molecule has 4 nitrogen and oxygen atoms in total. The summed E-state index contributed by atoms with van der Waals surface area (Å²) in [5.74, 6) is -0.0695. The third kappa shape index (κ3) is 4.46. The third-order valence-corrected chi connectivity index (χ3v) is 4.42. The zero-order valence-corrected chi connectivity index (χ0v) is 12.7. The Balaban J connectivity index is 1.90. The van der Waals surface area contributed by atoms with Crippen LogP contribution in [0.1, 0.15) is 44.3 Å². The van der Waals surface area contributed by atoms with Gasteiger partial charge in [-0.1, -0.05) is 6.92 Å². The van der Waals surface area contributed by atoms with Crippen LogP contribution in [0.5, 0.6) is 0 Å². The highest BCUT2D eigenvalue weighted by Crippen LogP contribution is 2.25. The van der Waals surface area contributed by atoms with Crippen LogP contribution < -0.4 is 5.73 Å². The molecule has 1 aromatic heterocycles. The summed E-state index contributed by atoms with van der Waals surface area (Å²) in [6.45, 7) is 4.41. The summed E-state index contributed by atoms with van der Waals surface area (Å²) >= 11 is 0. The molecular weight excluding hydrogens is 269 g/mol. The number of halogens is 1. The lowest BCUT2D eigenvalue weighted by Gasteiger charge is -2.29. The van der Waals surface area contributed by atoms with E-state index in [9.17, 15) is 4.39 Å². The zero-order valence-electron chi connectivity index (χ0n) is 12.7. The molecule has 0 aliphatic carbocycles. The highest BCUT2D eigenvalue weighted by Gasteiger charge is 2.27. The Labute approximate surface area is 126 Å². The van der Waals surface area contributed by atoms with Crippen LogP contribution >= 0.6 is 0 Å². The van der Waals surface area contributed by atoms with Crippen molar-refractivity contribution in [3.05, 3.63) is 29.8 Å². The molecule has 1 fully saturated rings. The monoisotopic (exact) mass is 295 g/mol. The first kappa shape index (κ1) is 16.3. The van der Waals surface area contributed by atoms with Crippen molar-refractivity contribution in [3.63, 3.8) is 0 Å². The standard InChI is InChI=1S/C16H26FN3O/c1-12(16(18)15-7-6-13(17)10-19-15)11-20-8-2-4-14(20)5-3-9-21/h6-7,10,12,14,16,21H,2-5,8-9,11,18H2,1H3. The van der Waals surface area contributed by atoms with Gasteiger partial charge in [0.25, 0.3) is 0 Å². The fourth-order valence-corrected chi connectivity index (χ4v) is 3.15. The maximum Gasteiger partial charge on any atom is 0.141 e. The van der Waals surface area contributed by atoms with Gasteiger partial charge in [0, 0.05) is 19.2 Å². The minimum Gasteiger partial charge on any atom is -0.396 e. The molecule has 3 atom stereocenters. The van der Waals surface area contributed by atoms with Crippen molar-refractivity contribution in [1.29, 1.82) is 0 Å². The van der Waals surface area contributed by atoms with Gasteiger partial charge in [-0.25, -0.2) is 4.39 Å². The first-order valence-electron chi connectivity index (χ1n) is 7.83. The van der Waals surface area contributed by atoms with E-state index in [1.54, 1.807) is 6.07 Å². The number of nitrogens with zero attached hydrogens (tertiary/aromatic N) is 2. The Bertz CT molecular complexity index is 426. The SMILES string of the molecule is CC(CN1CCCC1CCCO)C(N)c1ccc(F)cn1. The van der Waals surface area contributed by atoms with E-state index in [1.165, 1.54) is 25.1 Å². The Morgan fingerprint density at radius 3 is 3.00 bits per heavy atom. The molecule has 2 heterocycles. The number of likely N-dealkylation sites (tertiary alicyclic amines) is 1. The molecular formula is C16H26FN3O. The van der Waals surface area contributed by atoms with Crippen LogP contribution in [-0.4, -0.2) is 40.7 Å². The Hall–Kier alpha value is -1.04. The maximum atomic E-state index is 12.9. The quantitative estimate of drug-likeness (QED) is 0.808. The smallest absolute Gasteiger partial charge is 0.141 e. The van der Waals surface area contributed by atoms with Crippen molar-refractivity contribution in [1.82, 2.24) is 9.88 Å². The van der Waals surface area contributed by atoms with Gasteiger partial charge in [0.2, 0.25) is 0 Å². The molecule has 3 N–H and O–H groups in total. The number of hydrogen-bond donors (Lipinski definition) is 2. The summed E-state index contributed by atoms with van der Waals surface area (Å²) in [4.78, 5) is 6.57. The van der Waals surface area contributed by atoms with Crippen LogP contribution in [0.2, 0.25) is 0 Å². The van der Waals surface area contributed by atoms with E-state index in [1.807, 2.05) is 0 Å². The van der Waals surface area contributed by atoms with Gasteiger partial charge in [-0.3, -0.25) is 4.98 Å². The van der Waals surface area contributed by atoms with Crippen LogP contribution in [0.4, 0.5) is 4.39 Å². The number of rotatable bonds is 7. The number of aromatic nitrogens is 1. The Morgan fingerprint density at radius 1 is 1.52 bits per heavy atom. The molecule has 2 rings (SSSR count). The lowest BCUT2D eigenvalue weighted by Crippen LogP contribution is -2.37. The molecule has 1 aliphatic rings.